The first kappa shape index (κ1) is 26.7. The van der Waals surface area contributed by atoms with Gasteiger partial charge in [0, 0.05) is 26.2 Å². The number of aryl methyl sites for hydroxylation is 1. The van der Waals surface area contributed by atoms with Gasteiger partial charge in [0.2, 0.25) is 0 Å². The Hall–Kier alpha value is -1.90. The zero-order valence-electron chi connectivity index (χ0n) is 19.8. The van der Waals surface area contributed by atoms with E-state index in [-0.39, 0.29) is 24.9 Å². The number of anilines is 1. The van der Waals surface area contributed by atoms with Gasteiger partial charge in [-0.1, -0.05) is 55.0 Å². The van der Waals surface area contributed by atoms with Crippen molar-refractivity contribution in [3.63, 3.8) is 0 Å². The molecule has 1 fully saturated rings. The van der Waals surface area contributed by atoms with Gasteiger partial charge in [-0.2, -0.15) is 0 Å². The minimum atomic E-state index is -0.121. The number of fused-ring (bicyclic) bond motifs is 1. The highest BCUT2D eigenvalue weighted by molar-refractivity contribution is 7.23. The maximum Gasteiger partial charge on any atom is 0.266 e. The van der Waals surface area contributed by atoms with Crippen LogP contribution in [-0.4, -0.2) is 61.8 Å². The summed E-state index contributed by atoms with van der Waals surface area (Å²) >= 11 is 7.87. The third-order valence-corrected chi connectivity index (χ3v) is 7.41. The molecule has 0 N–H and O–H groups in total. The molecular formula is C25H31Cl2N3O3S. The molecule has 1 amide bonds. The van der Waals surface area contributed by atoms with Crippen LogP contribution in [0, 0.1) is 6.92 Å². The molecule has 184 valence electrons. The van der Waals surface area contributed by atoms with Crippen LogP contribution in [0.4, 0.5) is 5.13 Å². The third-order valence-electron chi connectivity index (χ3n) is 5.87. The predicted molar refractivity (Wildman–Crippen MR) is 142 cm³/mol. The summed E-state index contributed by atoms with van der Waals surface area (Å²) in [7, 11) is 0. The minimum Gasteiger partial charge on any atom is -0.484 e. The molecule has 0 spiro atoms. The molecule has 1 aromatic heterocycles. The molecule has 4 rings (SSSR count). The molecule has 0 atom stereocenters. The monoisotopic (exact) mass is 523 g/mol. The molecule has 1 aliphatic heterocycles. The summed E-state index contributed by atoms with van der Waals surface area (Å²) in [4.78, 5) is 22.1. The number of morpholine rings is 1. The van der Waals surface area contributed by atoms with Crippen molar-refractivity contribution in [3.05, 3.63) is 52.5 Å². The lowest BCUT2D eigenvalue weighted by atomic mass is 10.0. The molecule has 1 aliphatic rings. The number of ether oxygens (including phenoxy) is 2. The summed E-state index contributed by atoms with van der Waals surface area (Å²) in [6, 6.07) is 11.8. The normalized spacial score (nSPS) is 14.3. The van der Waals surface area contributed by atoms with Crippen LogP contribution in [0.3, 0.4) is 0 Å². The molecule has 0 aliphatic carbocycles. The quantitative estimate of drug-likeness (QED) is 0.387. The number of aromatic nitrogens is 1. The molecule has 2 heterocycles. The first-order chi connectivity index (χ1) is 15.9. The van der Waals surface area contributed by atoms with Crippen LogP contribution >= 0.6 is 35.3 Å². The second-order valence-corrected chi connectivity index (χ2v) is 9.93. The second kappa shape index (κ2) is 12.2. The molecule has 3 aromatic rings. The Morgan fingerprint density at radius 1 is 1.21 bits per heavy atom. The van der Waals surface area contributed by atoms with Gasteiger partial charge in [-0.05, 0) is 42.2 Å². The van der Waals surface area contributed by atoms with E-state index in [0.29, 0.717) is 28.4 Å². The lowest BCUT2D eigenvalue weighted by Crippen LogP contribution is -2.44. The van der Waals surface area contributed by atoms with Crippen molar-refractivity contribution in [1.82, 2.24) is 9.88 Å². The van der Waals surface area contributed by atoms with Crippen LogP contribution in [-0.2, 0) is 9.53 Å². The lowest BCUT2D eigenvalue weighted by Gasteiger charge is -2.29. The van der Waals surface area contributed by atoms with E-state index >= 15 is 0 Å². The highest BCUT2D eigenvalue weighted by Crippen LogP contribution is 2.35. The molecule has 2 aromatic carbocycles. The Morgan fingerprint density at radius 2 is 1.91 bits per heavy atom. The van der Waals surface area contributed by atoms with Crippen LogP contribution in [0.25, 0.3) is 10.2 Å². The molecule has 9 heteroatoms. The average molecular weight is 525 g/mol. The van der Waals surface area contributed by atoms with E-state index in [1.165, 1.54) is 16.9 Å². The van der Waals surface area contributed by atoms with Gasteiger partial charge in [0.05, 0.1) is 28.5 Å². The topological polar surface area (TPSA) is 54.9 Å². The van der Waals surface area contributed by atoms with Crippen molar-refractivity contribution in [1.29, 1.82) is 0 Å². The second-order valence-electron chi connectivity index (χ2n) is 8.55. The summed E-state index contributed by atoms with van der Waals surface area (Å²) in [5.74, 6) is 1.01. The summed E-state index contributed by atoms with van der Waals surface area (Å²) in [5.41, 5.74) is 3.12. The van der Waals surface area contributed by atoms with E-state index in [9.17, 15) is 4.79 Å². The van der Waals surface area contributed by atoms with Gasteiger partial charge >= 0.3 is 0 Å². The molecule has 6 nitrogen and oxygen atoms in total. The number of carbonyl (C=O) groups excluding carboxylic acids is 1. The number of thiazole rings is 1. The average Bonchev–Trinajstić information content (AvgIpc) is 3.28. The number of nitrogens with zero attached hydrogens (tertiary/aromatic N) is 3. The first-order valence-corrected chi connectivity index (χ1v) is 12.5. The predicted octanol–water partition coefficient (Wildman–Crippen LogP) is 5.55. The van der Waals surface area contributed by atoms with Crippen LogP contribution in [0.15, 0.2) is 36.4 Å². The Balaban J connectivity index is 0.00000324. The van der Waals surface area contributed by atoms with E-state index < -0.39 is 0 Å². The van der Waals surface area contributed by atoms with Gasteiger partial charge in [-0.3, -0.25) is 14.6 Å². The van der Waals surface area contributed by atoms with Gasteiger partial charge in [0.1, 0.15) is 5.75 Å². The lowest BCUT2D eigenvalue weighted by molar-refractivity contribution is -0.120. The van der Waals surface area contributed by atoms with Crippen LogP contribution in [0.1, 0.15) is 30.9 Å². The highest BCUT2D eigenvalue weighted by atomic mass is 35.5. The smallest absolute Gasteiger partial charge is 0.266 e. The highest BCUT2D eigenvalue weighted by Gasteiger charge is 2.23. The summed E-state index contributed by atoms with van der Waals surface area (Å²) in [5, 5.41) is 1.31. The summed E-state index contributed by atoms with van der Waals surface area (Å²) in [6.07, 6.45) is 0. The van der Waals surface area contributed by atoms with Crippen molar-refractivity contribution in [2.24, 2.45) is 0 Å². The fourth-order valence-electron chi connectivity index (χ4n) is 3.77. The number of hydrogen-bond donors (Lipinski definition) is 0. The van der Waals surface area contributed by atoms with E-state index in [0.717, 1.165) is 48.6 Å². The fourth-order valence-corrected chi connectivity index (χ4v) is 5.13. The fraction of sp³-hybridized carbons (Fsp3) is 0.440. The Bertz CT molecular complexity index is 1060. The standard InChI is InChI=1S/C25H30ClN3O3S.ClH/c1-17(2)19-5-7-20(8-6-19)32-16-22(30)29(11-10-28-12-14-31-15-13-28)25-27-23-18(3)4-9-21(26)24(23)33-25;/h4-9,17H,10-16H2,1-3H3;1H. The summed E-state index contributed by atoms with van der Waals surface area (Å²) < 4.78 is 12.2. The Morgan fingerprint density at radius 3 is 2.56 bits per heavy atom. The SMILES string of the molecule is Cc1ccc(Cl)c2sc(N(CCN3CCOCC3)C(=O)COc3ccc(C(C)C)cc3)nc12.Cl. The number of halogens is 2. The maximum atomic E-state index is 13.3. The van der Waals surface area contributed by atoms with Gasteiger partial charge in [0.25, 0.3) is 5.91 Å². The number of amides is 1. The number of benzene rings is 2. The first-order valence-electron chi connectivity index (χ1n) is 11.3. The molecular weight excluding hydrogens is 493 g/mol. The van der Waals surface area contributed by atoms with Crippen molar-refractivity contribution < 1.29 is 14.3 Å². The van der Waals surface area contributed by atoms with Gasteiger partial charge in [-0.15, -0.1) is 12.4 Å². The number of rotatable bonds is 8. The summed E-state index contributed by atoms with van der Waals surface area (Å²) in [6.45, 7) is 10.7. The minimum absolute atomic E-state index is 0. The van der Waals surface area contributed by atoms with Crippen molar-refractivity contribution >= 4 is 56.6 Å². The van der Waals surface area contributed by atoms with Gasteiger partial charge in [0.15, 0.2) is 11.7 Å². The van der Waals surface area contributed by atoms with E-state index in [4.69, 9.17) is 26.1 Å². The molecule has 0 unspecified atom stereocenters. The van der Waals surface area contributed by atoms with Crippen molar-refractivity contribution in [2.45, 2.75) is 26.7 Å². The molecule has 34 heavy (non-hydrogen) atoms. The maximum absolute atomic E-state index is 13.3. The van der Waals surface area contributed by atoms with E-state index in [1.54, 1.807) is 4.90 Å². The third kappa shape index (κ3) is 6.40. The van der Waals surface area contributed by atoms with E-state index in [1.807, 2.05) is 43.3 Å². The molecule has 0 bridgehead atoms. The molecule has 0 saturated carbocycles. The van der Waals surface area contributed by atoms with Crippen molar-refractivity contribution in [2.75, 3.05) is 50.9 Å². The number of hydrogen-bond acceptors (Lipinski definition) is 6. The van der Waals surface area contributed by atoms with Crippen LogP contribution in [0.2, 0.25) is 5.02 Å². The zero-order chi connectivity index (χ0) is 23.4. The van der Waals surface area contributed by atoms with E-state index in [2.05, 4.69) is 18.7 Å². The van der Waals surface area contributed by atoms with Crippen molar-refractivity contribution in [3.8, 4) is 5.75 Å². The van der Waals surface area contributed by atoms with Gasteiger partial charge < -0.3 is 9.47 Å². The van der Waals surface area contributed by atoms with Gasteiger partial charge in [-0.25, -0.2) is 4.98 Å². The largest absolute Gasteiger partial charge is 0.484 e. The van der Waals surface area contributed by atoms with Crippen LogP contribution < -0.4 is 9.64 Å². The Kier molecular flexibility index (Phi) is 9.56. The molecule has 1 saturated heterocycles. The number of carbonyl (C=O) groups is 1. The zero-order valence-corrected chi connectivity index (χ0v) is 22.1. The Labute approximate surface area is 216 Å². The molecule has 0 radical (unpaired) electrons. The van der Waals surface area contributed by atoms with Crippen LogP contribution in [0.5, 0.6) is 5.75 Å².